The number of rotatable bonds is 9. The molecule has 2 aromatic carbocycles. The summed E-state index contributed by atoms with van der Waals surface area (Å²) >= 11 is 6.32. The molecule has 0 spiro atoms. The number of nitrogens with zero attached hydrogens (tertiary/aromatic N) is 1. The van der Waals surface area contributed by atoms with Gasteiger partial charge in [0.15, 0.2) is 0 Å². The third kappa shape index (κ3) is 5.11. The fraction of sp³-hybridized carbons (Fsp3) is 0.333. The van der Waals surface area contributed by atoms with Crippen molar-refractivity contribution in [3.63, 3.8) is 0 Å². The molecule has 2 heterocycles. The van der Waals surface area contributed by atoms with Gasteiger partial charge in [-0.25, -0.2) is 0 Å². The van der Waals surface area contributed by atoms with Gasteiger partial charge in [-0.15, -0.1) is 0 Å². The van der Waals surface area contributed by atoms with Crippen molar-refractivity contribution in [1.82, 2.24) is 15.6 Å². The summed E-state index contributed by atoms with van der Waals surface area (Å²) in [6.45, 7) is 0. The molecule has 3 aromatic rings. The third-order valence-corrected chi connectivity index (χ3v) is 7.23. The molecular weight excluding hydrogens is 494 g/mol. The molecule has 190 valence electrons. The number of hydrogen-bond donors (Lipinski definition) is 4. The fourth-order valence-electron chi connectivity index (χ4n) is 4.81. The molecule has 1 aliphatic heterocycles. The van der Waals surface area contributed by atoms with Crippen molar-refractivity contribution in [3.8, 4) is 11.8 Å². The first kappa shape index (κ1) is 24.7. The van der Waals surface area contributed by atoms with E-state index in [4.69, 9.17) is 16.3 Å². The molecule has 0 bridgehead atoms. The van der Waals surface area contributed by atoms with Crippen molar-refractivity contribution in [2.45, 2.75) is 43.7 Å². The molecule has 0 radical (unpaired) electrons. The van der Waals surface area contributed by atoms with Crippen LogP contribution in [0.1, 0.15) is 47.7 Å². The van der Waals surface area contributed by atoms with E-state index in [1.54, 1.807) is 37.4 Å². The Labute approximate surface area is 218 Å². The molecule has 1 aromatic heterocycles. The highest BCUT2D eigenvalue weighted by Gasteiger charge is 2.36. The quantitative estimate of drug-likeness (QED) is 0.340. The van der Waals surface area contributed by atoms with Gasteiger partial charge in [0.1, 0.15) is 23.5 Å². The molecule has 10 heteroatoms. The lowest BCUT2D eigenvalue weighted by Crippen LogP contribution is -2.50. The van der Waals surface area contributed by atoms with Crippen molar-refractivity contribution < 1.29 is 19.1 Å². The van der Waals surface area contributed by atoms with E-state index in [9.17, 15) is 19.6 Å². The number of hydrogen-bond acceptors (Lipinski definition) is 5. The second-order valence-electron chi connectivity index (χ2n) is 9.48. The number of H-pyrrole nitrogens is 1. The minimum atomic E-state index is -0.943. The molecule has 3 amide bonds. The highest BCUT2D eigenvalue weighted by Crippen LogP contribution is 2.40. The van der Waals surface area contributed by atoms with Crippen LogP contribution in [0, 0.1) is 17.2 Å². The summed E-state index contributed by atoms with van der Waals surface area (Å²) in [5, 5.41) is 19.3. The zero-order valence-corrected chi connectivity index (χ0v) is 20.9. The molecule has 3 atom stereocenters. The Morgan fingerprint density at radius 3 is 2.70 bits per heavy atom. The second-order valence-corrected chi connectivity index (χ2v) is 9.89. The standard InChI is InChI=1S/C27H26ClN5O4/c1-37-23-7-3-5-19-16(23)12-22(31-19)27(36)33-21(10-14-8-9-14)26(35)30-15(13-29)11-17-24-18(28)4-2-6-20(24)32-25(17)34/h2-7,12,14-15,17,21,31H,8-11H2,1H3,(H,30,35)(H,32,34)(H,33,36). The van der Waals surface area contributed by atoms with Crippen LogP contribution in [0.5, 0.6) is 5.75 Å². The van der Waals surface area contributed by atoms with Gasteiger partial charge in [0.05, 0.1) is 19.1 Å². The average Bonchev–Trinajstić information content (AvgIpc) is 3.49. The number of carbonyl (C=O) groups is 3. The first-order valence-corrected chi connectivity index (χ1v) is 12.5. The second kappa shape index (κ2) is 10.1. The first-order chi connectivity index (χ1) is 17.9. The minimum absolute atomic E-state index is 0.0662. The number of fused-ring (bicyclic) bond motifs is 2. The number of ether oxygens (including phenoxy) is 1. The number of aromatic nitrogens is 1. The Kier molecular flexibility index (Phi) is 6.76. The van der Waals surface area contributed by atoms with Crippen LogP contribution in [0.3, 0.4) is 0 Å². The van der Waals surface area contributed by atoms with Gasteiger partial charge < -0.3 is 25.7 Å². The predicted molar refractivity (Wildman–Crippen MR) is 138 cm³/mol. The highest BCUT2D eigenvalue weighted by atomic mass is 35.5. The number of benzene rings is 2. The summed E-state index contributed by atoms with van der Waals surface area (Å²) < 4.78 is 5.37. The van der Waals surface area contributed by atoms with E-state index in [1.165, 1.54) is 0 Å². The van der Waals surface area contributed by atoms with Gasteiger partial charge in [0, 0.05) is 27.2 Å². The third-order valence-electron chi connectivity index (χ3n) is 6.90. The summed E-state index contributed by atoms with van der Waals surface area (Å²) in [5.74, 6) is -0.844. The van der Waals surface area contributed by atoms with Gasteiger partial charge in [0.2, 0.25) is 11.8 Å². The van der Waals surface area contributed by atoms with Gasteiger partial charge in [-0.2, -0.15) is 5.26 Å². The van der Waals surface area contributed by atoms with Gasteiger partial charge >= 0.3 is 0 Å². The van der Waals surface area contributed by atoms with Crippen molar-refractivity contribution in [3.05, 3.63) is 58.7 Å². The van der Waals surface area contributed by atoms with Gasteiger partial charge in [-0.3, -0.25) is 14.4 Å². The zero-order valence-electron chi connectivity index (χ0n) is 20.1. The summed E-state index contributed by atoms with van der Waals surface area (Å²) in [7, 11) is 1.56. The number of amides is 3. The maximum atomic E-state index is 13.2. The lowest BCUT2D eigenvalue weighted by atomic mass is 9.93. The Morgan fingerprint density at radius 2 is 1.97 bits per heavy atom. The van der Waals surface area contributed by atoms with E-state index in [2.05, 4.69) is 27.0 Å². The number of nitrogens with one attached hydrogen (secondary N) is 4. The Balaban J connectivity index is 1.30. The summed E-state index contributed by atoms with van der Waals surface area (Å²) in [6, 6.07) is 12.6. The van der Waals surface area contributed by atoms with Crippen LogP contribution in [-0.2, 0) is 9.59 Å². The number of anilines is 1. The van der Waals surface area contributed by atoms with E-state index in [0.717, 1.165) is 23.7 Å². The molecule has 3 unspecified atom stereocenters. The average molecular weight is 520 g/mol. The number of carbonyl (C=O) groups excluding carboxylic acids is 3. The van der Waals surface area contributed by atoms with Crippen LogP contribution < -0.4 is 20.7 Å². The molecule has 1 aliphatic carbocycles. The predicted octanol–water partition coefficient (Wildman–Crippen LogP) is 3.86. The van der Waals surface area contributed by atoms with Gasteiger partial charge in [-0.1, -0.05) is 36.6 Å². The van der Waals surface area contributed by atoms with Crippen LogP contribution in [0.25, 0.3) is 10.9 Å². The van der Waals surface area contributed by atoms with E-state index in [0.29, 0.717) is 40.1 Å². The van der Waals surface area contributed by atoms with Crippen LogP contribution in [-0.4, -0.2) is 41.9 Å². The molecule has 4 N–H and O–H groups in total. The lowest BCUT2D eigenvalue weighted by Gasteiger charge is -2.21. The number of methoxy groups -OCH3 is 1. The monoisotopic (exact) mass is 519 g/mol. The summed E-state index contributed by atoms with van der Waals surface area (Å²) in [6.07, 6.45) is 2.51. The van der Waals surface area contributed by atoms with E-state index in [1.807, 2.05) is 12.1 Å². The van der Waals surface area contributed by atoms with Crippen LogP contribution in [0.4, 0.5) is 5.69 Å². The minimum Gasteiger partial charge on any atom is -0.496 e. The van der Waals surface area contributed by atoms with Gasteiger partial charge in [0.25, 0.3) is 5.91 Å². The SMILES string of the molecule is COc1cccc2[nH]c(C(=O)NC(CC3CC3)C(=O)NC(C#N)CC3C(=O)Nc4cccc(Cl)c43)cc12. The Bertz CT molecular complexity index is 1420. The van der Waals surface area contributed by atoms with E-state index >= 15 is 0 Å². The van der Waals surface area contributed by atoms with Crippen molar-refractivity contribution in [2.75, 3.05) is 12.4 Å². The Morgan fingerprint density at radius 1 is 1.19 bits per heavy atom. The van der Waals surface area contributed by atoms with Crippen LogP contribution in [0.15, 0.2) is 42.5 Å². The Hall–Kier alpha value is -4.03. The van der Waals surface area contributed by atoms with E-state index < -0.39 is 29.8 Å². The zero-order chi connectivity index (χ0) is 26.1. The molecule has 0 saturated heterocycles. The molecule has 9 nitrogen and oxygen atoms in total. The topological polar surface area (TPSA) is 136 Å². The fourth-order valence-corrected chi connectivity index (χ4v) is 5.12. The summed E-state index contributed by atoms with van der Waals surface area (Å²) in [4.78, 5) is 42.0. The smallest absolute Gasteiger partial charge is 0.268 e. The van der Waals surface area contributed by atoms with E-state index in [-0.39, 0.29) is 12.3 Å². The number of aromatic amines is 1. The highest BCUT2D eigenvalue weighted by molar-refractivity contribution is 6.32. The number of halogens is 1. The van der Waals surface area contributed by atoms with Crippen LogP contribution in [0.2, 0.25) is 5.02 Å². The molecular formula is C27H26ClN5O4. The lowest BCUT2D eigenvalue weighted by molar-refractivity contribution is -0.124. The molecule has 5 rings (SSSR count). The molecule has 2 aliphatic rings. The summed E-state index contributed by atoms with van der Waals surface area (Å²) in [5.41, 5.74) is 2.28. The molecule has 37 heavy (non-hydrogen) atoms. The van der Waals surface area contributed by atoms with Crippen molar-refractivity contribution in [2.24, 2.45) is 5.92 Å². The number of nitriles is 1. The van der Waals surface area contributed by atoms with Crippen molar-refractivity contribution in [1.29, 1.82) is 5.26 Å². The maximum absolute atomic E-state index is 13.2. The van der Waals surface area contributed by atoms with Crippen LogP contribution >= 0.6 is 11.6 Å². The largest absolute Gasteiger partial charge is 0.496 e. The molecule has 1 saturated carbocycles. The van der Waals surface area contributed by atoms with Crippen molar-refractivity contribution >= 4 is 45.9 Å². The van der Waals surface area contributed by atoms with Gasteiger partial charge in [-0.05, 0) is 49.1 Å². The first-order valence-electron chi connectivity index (χ1n) is 12.1. The molecule has 1 fully saturated rings. The maximum Gasteiger partial charge on any atom is 0.268 e. The normalized spacial score (nSPS) is 17.9.